The number of hydrogen-bond acceptors (Lipinski definition) is 4. The van der Waals surface area contributed by atoms with E-state index in [1.165, 1.54) is 0 Å². The van der Waals surface area contributed by atoms with Gasteiger partial charge in [0.2, 0.25) is 0 Å². The first kappa shape index (κ1) is 15.1. The molecule has 1 N–H and O–H groups in total. The van der Waals surface area contributed by atoms with Gasteiger partial charge in [-0.05, 0) is 26.3 Å². The average molecular weight is 254 g/mol. The molecule has 1 aromatic rings. The smallest absolute Gasteiger partial charge is 0.138 e. The van der Waals surface area contributed by atoms with E-state index in [2.05, 4.69) is 29.2 Å². The number of aryl methyl sites for hydroxylation is 1. The van der Waals surface area contributed by atoms with Gasteiger partial charge in [-0.1, -0.05) is 13.8 Å². The second-order valence-corrected chi connectivity index (χ2v) is 4.47. The van der Waals surface area contributed by atoms with Gasteiger partial charge in [-0.25, -0.2) is 4.98 Å². The highest BCUT2D eigenvalue weighted by atomic mass is 16.5. The van der Waals surface area contributed by atoms with Gasteiger partial charge in [-0.15, -0.1) is 0 Å². The average Bonchev–Trinajstić information content (AvgIpc) is 2.77. The van der Waals surface area contributed by atoms with Crippen LogP contribution in [0.3, 0.4) is 0 Å². The highest BCUT2D eigenvalue weighted by Crippen LogP contribution is 2.10. The first-order valence-corrected chi connectivity index (χ1v) is 6.90. The molecule has 1 rings (SSSR count). The van der Waals surface area contributed by atoms with Crippen LogP contribution in [0.15, 0.2) is 6.33 Å². The number of aromatic nitrogens is 3. The molecule has 0 amide bonds. The van der Waals surface area contributed by atoms with Crippen molar-refractivity contribution >= 4 is 0 Å². The van der Waals surface area contributed by atoms with Crippen LogP contribution in [-0.4, -0.2) is 40.1 Å². The van der Waals surface area contributed by atoms with Crippen molar-refractivity contribution in [2.45, 2.75) is 52.2 Å². The van der Waals surface area contributed by atoms with Gasteiger partial charge < -0.3 is 10.1 Å². The van der Waals surface area contributed by atoms with Crippen molar-refractivity contribution in [1.29, 1.82) is 0 Å². The first-order valence-electron chi connectivity index (χ1n) is 6.90. The van der Waals surface area contributed by atoms with E-state index in [1.54, 1.807) is 6.33 Å². The van der Waals surface area contributed by atoms with Gasteiger partial charge in [-0.2, -0.15) is 5.10 Å². The Kier molecular flexibility index (Phi) is 6.90. The fraction of sp³-hybridized carbons (Fsp3) is 0.846. The van der Waals surface area contributed by atoms with E-state index >= 15 is 0 Å². The maximum Gasteiger partial charge on any atom is 0.138 e. The van der Waals surface area contributed by atoms with Crippen molar-refractivity contribution in [3.05, 3.63) is 12.2 Å². The lowest BCUT2D eigenvalue weighted by Gasteiger charge is -2.26. The Morgan fingerprint density at radius 1 is 1.39 bits per heavy atom. The zero-order valence-electron chi connectivity index (χ0n) is 12.0. The normalized spacial score (nSPS) is 14.7. The van der Waals surface area contributed by atoms with Crippen molar-refractivity contribution in [1.82, 2.24) is 20.1 Å². The lowest BCUT2D eigenvalue weighted by atomic mass is 10.0. The van der Waals surface area contributed by atoms with Gasteiger partial charge in [-0.3, -0.25) is 4.68 Å². The zero-order valence-corrected chi connectivity index (χ0v) is 12.0. The summed E-state index contributed by atoms with van der Waals surface area (Å²) < 4.78 is 7.65. The van der Waals surface area contributed by atoms with Crippen LogP contribution in [0.5, 0.6) is 0 Å². The van der Waals surface area contributed by atoms with Crippen molar-refractivity contribution in [3.63, 3.8) is 0 Å². The molecule has 5 heteroatoms. The predicted octanol–water partition coefficient (Wildman–Crippen LogP) is 1.54. The number of nitrogens with one attached hydrogen (secondary N) is 1. The molecule has 0 saturated carbocycles. The Balaban J connectivity index is 2.67. The van der Waals surface area contributed by atoms with Gasteiger partial charge in [0.25, 0.3) is 0 Å². The minimum absolute atomic E-state index is 0.234. The highest BCUT2D eigenvalue weighted by Gasteiger charge is 2.21. The molecule has 0 aliphatic carbocycles. The van der Waals surface area contributed by atoms with Crippen molar-refractivity contribution in [2.24, 2.45) is 7.05 Å². The van der Waals surface area contributed by atoms with Crippen molar-refractivity contribution in [3.8, 4) is 0 Å². The molecular weight excluding hydrogens is 228 g/mol. The minimum atomic E-state index is 0.234. The molecule has 0 saturated heterocycles. The van der Waals surface area contributed by atoms with Crippen LogP contribution in [0.2, 0.25) is 0 Å². The molecule has 2 atom stereocenters. The number of ether oxygens (including phenoxy) is 1. The molecular formula is C13H26N4O. The zero-order chi connectivity index (χ0) is 13.4. The molecule has 104 valence electrons. The van der Waals surface area contributed by atoms with Gasteiger partial charge in [0.1, 0.15) is 12.2 Å². The maximum atomic E-state index is 5.82. The third-order valence-electron chi connectivity index (χ3n) is 3.10. The molecule has 0 aliphatic rings. The summed E-state index contributed by atoms with van der Waals surface area (Å²) >= 11 is 0. The second kappa shape index (κ2) is 8.21. The van der Waals surface area contributed by atoms with E-state index in [0.29, 0.717) is 6.04 Å². The second-order valence-electron chi connectivity index (χ2n) is 4.47. The molecule has 0 aliphatic heterocycles. The summed E-state index contributed by atoms with van der Waals surface area (Å²) in [5.74, 6) is 1.00. The minimum Gasteiger partial charge on any atom is -0.377 e. The molecule has 5 nitrogen and oxygen atoms in total. The number of nitrogens with zero attached hydrogens (tertiary/aromatic N) is 3. The summed E-state index contributed by atoms with van der Waals surface area (Å²) in [7, 11) is 1.93. The molecule has 2 unspecified atom stereocenters. The molecule has 1 aromatic heterocycles. The molecule has 0 bridgehead atoms. The molecule has 18 heavy (non-hydrogen) atoms. The van der Waals surface area contributed by atoms with E-state index in [9.17, 15) is 0 Å². The standard InChI is InChI=1S/C13H26N4O/c1-5-8-14-11(12(6-2)18-7-3)9-13-15-10-16-17(13)4/h10-12,14H,5-9H2,1-4H3. The SMILES string of the molecule is CCCNC(Cc1ncnn1C)C(CC)OCC. The predicted molar refractivity (Wildman–Crippen MR) is 72.5 cm³/mol. The molecule has 0 aromatic carbocycles. The van der Waals surface area contributed by atoms with Crippen LogP contribution in [0.4, 0.5) is 0 Å². The van der Waals surface area contributed by atoms with Crippen LogP contribution >= 0.6 is 0 Å². The number of hydrogen-bond donors (Lipinski definition) is 1. The Bertz CT molecular complexity index is 327. The Labute approximate surface area is 110 Å². The van der Waals surface area contributed by atoms with E-state index < -0.39 is 0 Å². The summed E-state index contributed by atoms with van der Waals surface area (Å²) in [5.41, 5.74) is 0. The maximum absolute atomic E-state index is 5.82. The quantitative estimate of drug-likeness (QED) is 0.726. The molecule has 0 spiro atoms. The summed E-state index contributed by atoms with van der Waals surface area (Å²) in [6.45, 7) is 8.14. The van der Waals surface area contributed by atoms with Gasteiger partial charge in [0.15, 0.2) is 0 Å². The van der Waals surface area contributed by atoms with Crippen LogP contribution in [0.25, 0.3) is 0 Å². The lowest BCUT2D eigenvalue weighted by Crippen LogP contribution is -2.43. The van der Waals surface area contributed by atoms with Gasteiger partial charge in [0, 0.05) is 26.1 Å². The fourth-order valence-corrected chi connectivity index (χ4v) is 2.10. The largest absolute Gasteiger partial charge is 0.377 e. The van der Waals surface area contributed by atoms with E-state index in [-0.39, 0.29) is 6.10 Å². The fourth-order valence-electron chi connectivity index (χ4n) is 2.10. The van der Waals surface area contributed by atoms with E-state index in [0.717, 1.165) is 38.2 Å². The number of rotatable bonds is 9. The van der Waals surface area contributed by atoms with Gasteiger partial charge >= 0.3 is 0 Å². The summed E-state index contributed by atoms with van der Waals surface area (Å²) in [4.78, 5) is 4.30. The molecule has 1 heterocycles. The van der Waals surface area contributed by atoms with Crippen molar-refractivity contribution < 1.29 is 4.74 Å². The topological polar surface area (TPSA) is 52.0 Å². The van der Waals surface area contributed by atoms with E-state index in [1.807, 2.05) is 18.7 Å². The first-order chi connectivity index (χ1) is 8.72. The third-order valence-corrected chi connectivity index (χ3v) is 3.10. The summed E-state index contributed by atoms with van der Waals surface area (Å²) in [6.07, 6.45) is 4.83. The summed E-state index contributed by atoms with van der Waals surface area (Å²) in [5, 5.41) is 7.68. The Morgan fingerprint density at radius 3 is 2.67 bits per heavy atom. The Morgan fingerprint density at radius 2 is 2.17 bits per heavy atom. The van der Waals surface area contributed by atoms with Crippen molar-refractivity contribution in [2.75, 3.05) is 13.2 Å². The summed E-state index contributed by atoms with van der Waals surface area (Å²) in [6, 6.07) is 0.304. The molecule has 0 fully saturated rings. The third kappa shape index (κ3) is 4.38. The lowest BCUT2D eigenvalue weighted by molar-refractivity contribution is 0.0313. The highest BCUT2D eigenvalue weighted by molar-refractivity contribution is 4.92. The van der Waals surface area contributed by atoms with E-state index in [4.69, 9.17) is 4.74 Å². The Hall–Kier alpha value is -0.940. The van der Waals surface area contributed by atoms with Crippen LogP contribution < -0.4 is 5.32 Å². The van der Waals surface area contributed by atoms with Crippen LogP contribution in [0.1, 0.15) is 39.4 Å². The molecule has 0 radical (unpaired) electrons. The monoisotopic (exact) mass is 254 g/mol. The van der Waals surface area contributed by atoms with Crippen LogP contribution in [0, 0.1) is 0 Å². The van der Waals surface area contributed by atoms with Gasteiger partial charge in [0.05, 0.1) is 6.10 Å². The van der Waals surface area contributed by atoms with Crippen LogP contribution in [-0.2, 0) is 18.2 Å².